The molecule has 0 atom stereocenters. The molecule has 2 N–H and O–H groups in total. The maximum Gasteiger partial charge on any atom is 0.317 e. The molecule has 5 heteroatoms. The largest absolute Gasteiger partial charge is 0.395 e. The van der Waals surface area contributed by atoms with Gasteiger partial charge in [0, 0.05) is 32.0 Å². The number of aromatic nitrogens is 1. The van der Waals surface area contributed by atoms with Gasteiger partial charge in [-0.3, -0.25) is 4.98 Å². The molecule has 0 aliphatic heterocycles. The number of aliphatic hydroxyl groups is 1. The number of hydrogen-bond donors (Lipinski definition) is 2. The molecule has 5 nitrogen and oxygen atoms in total. The third-order valence-corrected chi connectivity index (χ3v) is 4.38. The monoisotopic (exact) mass is 305 g/mol. The van der Waals surface area contributed by atoms with Gasteiger partial charge in [-0.05, 0) is 30.0 Å². The standard InChI is InChI=1S/C17H27N3O2/c21-13-12-20(11-8-15-4-2-1-3-5-15)17(22)19-14-16-6-9-18-10-7-16/h6-7,9-10,15,21H,1-5,8,11-14H2,(H,19,22). The highest BCUT2D eigenvalue weighted by molar-refractivity contribution is 5.74. The number of carbonyl (C=O) groups excluding carboxylic acids is 1. The van der Waals surface area contributed by atoms with Crippen LogP contribution in [0.2, 0.25) is 0 Å². The Morgan fingerprint density at radius 2 is 1.95 bits per heavy atom. The van der Waals surface area contributed by atoms with Gasteiger partial charge in [0.25, 0.3) is 0 Å². The van der Waals surface area contributed by atoms with Crippen LogP contribution in [-0.2, 0) is 6.54 Å². The molecular weight excluding hydrogens is 278 g/mol. The first-order chi connectivity index (χ1) is 10.8. The normalized spacial score (nSPS) is 15.5. The minimum Gasteiger partial charge on any atom is -0.395 e. The number of rotatable bonds is 7. The molecule has 1 aliphatic rings. The van der Waals surface area contributed by atoms with Crippen LogP contribution in [-0.4, -0.2) is 40.7 Å². The van der Waals surface area contributed by atoms with Crippen molar-refractivity contribution in [1.29, 1.82) is 0 Å². The first kappa shape index (κ1) is 16.7. The lowest BCUT2D eigenvalue weighted by Crippen LogP contribution is -2.42. The van der Waals surface area contributed by atoms with Gasteiger partial charge in [-0.25, -0.2) is 4.79 Å². The summed E-state index contributed by atoms with van der Waals surface area (Å²) in [5, 5.41) is 12.1. The molecule has 1 aromatic heterocycles. The van der Waals surface area contributed by atoms with E-state index in [0.29, 0.717) is 13.1 Å². The van der Waals surface area contributed by atoms with E-state index < -0.39 is 0 Å². The van der Waals surface area contributed by atoms with E-state index >= 15 is 0 Å². The second-order valence-corrected chi connectivity index (χ2v) is 6.02. The van der Waals surface area contributed by atoms with Crippen LogP contribution in [0.15, 0.2) is 24.5 Å². The second kappa shape index (κ2) is 9.41. The Labute approximate surface area is 132 Å². The van der Waals surface area contributed by atoms with Crippen molar-refractivity contribution in [2.45, 2.75) is 45.1 Å². The molecule has 0 aromatic carbocycles. The van der Waals surface area contributed by atoms with Gasteiger partial charge in [0.15, 0.2) is 0 Å². The highest BCUT2D eigenvalue weighted by Gasteiger charge is 2.17. The molecule has 22 heavy (non-hydrogen) atoms. The van der Waals surface area contributed by atoms with E-state index in [1.54, 1.807) is 17.3 Å². The molecule has 0 spiro atoms. The third-order valence-electron chi connectivity index (χ3n) is 4.38. The van der Waals surface area contributed by atoms with Crippen LogP contribution in [0.5, 0.6) is 0 Å². The molecule has 1 saturated carbocycles. The zero-order valence-electron chi connectivity index (χ0n) is 13.2. The maximum atomic E-state index is 12.3. The predicted molar refractivity (Wildman–Crippen MR) is 86.3 cm³/mol. The van der Waals surface area contributed by atoms with Crippen LogP contribution in [0.3, 0.4) is 0 Å². The fourth-order valence-corrected chi connectivity index (χ4v) is 3.04. The van der Waals surface area contributed by atoms with Gasteiger partial charge in [-0.15, -0.1) is 0 Å². The minimum atomic E-state index is -0.0957. The SMILES string of the molecule is O=C(NCc1ccncc1)N(CCO)CCC1CCCCC1. The number of urea groups is 1. The van der Waals surface area contributed by atoms with E-state index in [0.717, 1.165) is 24.4 Å². The average molecular weight is 305 g/mol. The Bertz CT molecular complexity index is 433. The topological polar surface area (TPSA) is 65.5 Å². The summed E-state index contributed by atoms with van der Waals surface area (Å²) in [5.41, 5.74) is 1.03. The smallest absolute Gasteiger partial charge is 0.317 e. The van der Waals surface area contributed by atoms with Crippen molar-refractivity contribution < 1.29 is 9.90 Å². The van der Waals surface area contributed by atoms with Gasteiger partial charge >= 0.3 is 6.03 Å². The van der Waals surface area contributed by atoms with E-state index in [1.807, 2.05) is 12.1 Å². The van der Waals surface area contributed by atoms with Crippen molar-refractivity contribution in [1.82, 2.24) is 15.2 Å². The number of hydrogen-bond acceptors (Lipinski definition) is 3. The van der Waals surface area contributed by atoms with Crippen molar-refractivity contribution in [3.05, 3.63) is 30.1 Å². The maximum absolute atomic E-state index is 12.3. The van der Waals surface area contributed by atoms with Crippen molar-refractivity contribution in [2.75, 3.05) is 19.7 Å². The number of carbonyl (C=O) groups is 1. The van der Waals surface area contributed by atoms with Gasteiger partial charge < -0.3 is 15.3 Å². The Morgan fingerprint density at radius 1 is 1.23 bits per heavy atom. The van der Waals surface area contributed by atoms with Gasteiger partial charge in [-0.2, -0.15) is 0 Å². The Balaban J connectivity index is 1.77. The third kappa shape index (κ3) is 5.64. The number of pyridine rings is 1. The predicted octanol–water partition coefficient (Wildman–Crippen LogP) is 2.56. The molecule has 0 radical (unpaired) electrons. The molecular formula is C17H27N3O2. The van der Waals surface area contributed by atoms with E-state index in [-0.39, 0.29) is 12.6 Å². The first-order valence-corrected chi connectivity index (χ1v) is 8.32. The van der Waals surface area contributed by atoms with Crippen molar-refractivity contribution in [3.63, 3.8) is 0 Å². The van der Waals surface area contributed by atoms with Gasteiger partial charge in [-0.1, -0.05) is 32.1 Å². The van der Waals surface area contributed by atoms with Crippen molar-refractivity contribution in [2.24, 2.45) is 5.92 Å². The molecule has 2 amide bonds. The van der Waals surface area contributed by atoms with E-state index in [4.69, 9.17) is 0 Å². The molecule has 1 fully saturated rings. The van der Waals surface area contributed by atoms with Crippen LogP contribution < -0.4 is 5.32 Å². The van der Waals surface area contributed by atoms with E-state index in [9.17, 15) is 9.90 Å². The zero-order chi connectivity index (χ0) is 15.6. The molecule has 1 aliphatic carbocycles. The summed E-state index contributed by atoms with van der Waals surface area (Å²) in [6.07, 6.45) is 11.0. The Hall–Kier alpha value is -1.62. The van der Waals surface area contributed by atoms with Gasteiger partial charge in [0.1, 0.15) is 0 Å². The van der Waals surface area contributed by atoms with Gasteiger partial charge in [0.2, 0.25) is 0 Å². The van der Waals surface area contributed by atoms with Crippen LogP contribution in [0.25, 0.3) is 0 Å². The summed E-state index contributed by atoms with van der Waals surface area (Å²) in [6, 6.07) is 3.68. The Kier molecular flexibility index (Phi) is 7.16. The van der Waals surface area contributed by atoms with Crippen molar-refractivity contribution in [3.8, 4) is 0 Å². The quantitative estimate of drug-likeness (QED) is 0.813. The molecule has 122 valence electrons. The summed E-state index contributed by atoms with van der Waals surface area (Å²) < 4.78 is 0. The van der Waals surface area contributed by atoms with Gasteiger partial charge in [0.05, 0.1) is 6.61 Å². The van der Waals surface area contributed by atoms with Crippen LogP contribution in [0.1, 0.15) is 44.1 Å². The number of amides is 2. The first-order valence-electron chi connectivity index (χ1n) is 8.32. The number of aliphatic hydroxyl groups excluding tert-OH is 1. The number of nitrogens with zero attached hydrogens (tertiary/aromatic N) is 2. The molecule has 2 rings (SSSR count). The van der Waals surface area contributed by atoms with Crippen LogP contribution in [0, 0.1) is 5.92 Å². The van der Waals surface area contributed by atoms with Crippen LogP contribution >= 0.6 is 0 Å². The Morgan fingerprint density at radius 3 is 2.64 bits per heavy atom. The lowest BCUT2D eigenvalue weighted by molar-refractivity contribution is 0.169. The summed E-state index contributed by atoms with van der Waals surface area (Å²) in [7, 11) is 0. The summed E-state index contributed by atoms with van der Waals surface area (Å²) in [5.74, 6) is 0.739. The molecule has 1 aromatic rings. The molecule has 0 saturated heterocycles. The zero-order valence-corrected chi connectivity index (χ0v) is 13.2. The lowest BCUT2D eigenvalue weighted by atomic mass is 9.87. The highest BCUT2D eigenvalue weighted by atomic mass is 16.3. The average Bonchev–Trinajstić information content (AvgIpc) is 2.58. The minimum absolute atomic E-state index is 0.00729. The number of nitrogens with one attached hydrogen (secondary N) is 1. The summed E-state index contributed by atoms with van der Waals surface area (Å²) in [4.78, 5) is 18.0. The highest BCUT2D eigenvalue weighted by Crippen LogP contribution is 2.26. The fourth-order valence-electron chi connectivity index (χ4n) is 3.04. The fraction of sp³-hybridized carbons (Fsp3) is 0.647. The summed E-state index contributed by atoms with van der Waals surface area (Å²) in [6.45, 7) is 1.63. The lowest BCUT2D eigenvalue weighted by Gasteiger charge is -2.27. The molecule has 1 heterocycles. The van der Waals surface area contributed by atoms with Crippen molar-refractivity contribution >= 4 is 6.03 Å². The summed E-state index contributed by atoms with van der Waals surface area (Å²) >= 11 is 0. The second-order valence-electron chi connectivity index (χ2n) is 6.02. The van der Waals surface area contributed by atoms with Crippen LogP contribution in [0.4, 0.5) is 4.79 Å². The molecule has 0 unspecified atom stereocenters. The van der Waals surface area contributed by atoms with E-state index in [2.05, 4.69) is 10.3 Å². The van der Waals surface area contributed by atoms with E-state index in [1.165, 1.54) is 32.1 Å². The molecule has 0 bridgehead atoms.